The molecular weight excluding hydrogens is 268 g/mol. The Kier molecular flexibility index (Phi) is 3.63. The number of nitrogens with zero attached hydrogens (tertiary/aromatic N) is 1. The minimum absolute atomic E-state index is 0.00920. The summed E-state index contributed by atoms with van der Waals surface area (Å²) >= 11 is 1.74. The lowest BCUT2D eigenvalue weighted by Crippen LogP contribution is -2.37. The maximum Gasteiger partial charge on any atom is 0.241 e. The monoisotopic (exact) mass is 292 g/mol. The second kappa shape index (κ2) is 5.15. The van der Waals surface area contributed by atoms with E-state index in [4.69, 9.17) is 0 Å². The summed E-state index contributed by atoms with van der Waals surface area (Å²) in [4.78, 5) is 16.0. The molecule has 3 nitrogen and oxygen atoms in total. The summed E-state index contributed by atoms with van der Waals surface area (Å²) in [5, 5.41) is 5.61. The van der Waals surface area contributed by atoms with Gasteiger partial charge in [-0.15, -0.1) is 11.3 Å². The van der Waals surface area contributed by atoms with E-state index in [1.807, 2.05) is 0 Å². The van der Waals surface area contributed by atoms with Crippen LogP contribution in [0.4, 0.5) is 0 Å². The average molecular weight is 292 g/mol. The zero-order valence-corrected chi connectivity index (χ0v) is 13.4. The molecule has 1 saturated carbocycles. The van der Waals surface area contributed by atoms with Crippen molar-refractivity contribution in [2.45, 2.75) is 52.2 Å². The maximum absolute atomic E-state index is 12.6. The van der Waals surface area contributed by atoms with Crippen LogP contribution >= 0.6 is 11.3 Å². The van der Waals surface area contributed by atoms with E-state index in [9.17, 15) is 4.79 Å². The fourth-order valence-electron chi connectivity index (χ4n) is 3.24. The molecule has 1 aliphatic carbocycles. The lowest BCUT2D eigenvalue weighted by molar-refractivity contribution is -0.131. The summed E-state index contributed by atoms with van der Waals surface area (Å²) in [5.74, 6) is 0.942. The van der Waals surface area contributed by atoms with Crippen molar-refractivity contribution in [3.8, 4) is 0 Å². The van der Waals surface area contributed by atoms with E-state index in [1.54, 1.807) is 11.3 Å². The van der Waals surface area contributed by atoms with Gasteiger partial charge >= 0.3 is 0 Å². The third-order valence-corrected chi connectivity index (χ3v) is 6.00. The highest BCUT2D eigenvalue weighted by atomic mass is 32.1. The number of carbonyl (C=O) groups is 1. The predicted molar refractivity (Wildman–Crippen MR) is 82.5 cm³/mol. The van der Waals surface area contributed by atoms with Crippen molar-refractivity contribution in [2.24, 2.45) is 11.3 Å². The van der Waals surface area contributed by atoms with Crippen LogP contribution in [0.1, 0.15) is 51.1 Å². The molecule has 0 aromatic carbocycles. The molecule has 2 unspecified atom stereocenters. The topological polar surface area (TPSA) is 32.3 Å². The molecule has 1 amide bonds. The second-order valence-electron chi connectivity index (χ2n) is 6.53. The first-order valence-corrected chi connectivity index (χ1v) is 8.55. The maximum atomic E-state index is 12.6. The minimum atomic E-state index is -0.00920. The van der Waals surface area contributed by atoms with Crippen LogP contribution in [0, 0.1) is 11.3 Å². The van der Waals surface area contributed by atoms with Gasteiger partial charge in [-0.1, -0.05) is 26.8 Å². The van der Waals surface area contributed by atoms with Gasteiger partial charge in [0.2, 0.25) is 5.91 Å². The number of rotatable bonds is 5. The number of thiophene rings is 1. The number of hydrogen-bond donors (Lipinski definition) is 1. The third-order valence-electron chi connectivity index (χ3n) is 5.08. The van der Waals surface area contributed by atoms with Crippen molar-refractivity contribution >= 4 is 17.2 Å². The van der Waals surface area contributed by atoms with Crippen LogP contribution in [0.25, 0.3) is 0 Å². The van der Waals surface area contributed by atoms with E-state index in [-0.39, 0.29) is 18.1 Å². The molecule has 0 bridgehead atoms. The van der Waals surface area contributed by atoms with Crippen molar-refractivity contribution in [1.82, 2.24) is 10.2 Å². The molecule has 2 fully saturated rings. The molecule has 0 spiro atoms. The molecular formula is C16H24N2OS. The van der Waals surface area contributed by atoms with Crippen LogP contribution in [-0.4, -0.2) is 23.4 Å². The normalized spacial score (nSPS) is 28.4. The highest BCUT2D eigenvalue weighted by Crippen LogP contribution is 2.53. The van der Waals surface area contributed by atoms with Crippen LogP contribution < -0.4 is 5.32 Å². The van der Waals surface area contributed by atoms with E-state index in [1.165, 1.54) is 17.7 Å². The quantitative estimate of drug-likeness (QED) is 0.902. The Morgan fingerprint density at radius 2 is 2.25 bits per heavy atom. The number of amides is 1. The Morgan fingerprint density at radius 3 is 2.75 bits per heavy atom. The Hall–Kier alpha value is -0.870. The molecule has 1 aromatic heterocycles. The van der Waals surface area contributed by atoms with Gasteiger partial charge in [0.15, 0.2) is 0 Å². The fourth-order valence-corrected chi connectivity index (χ4v) is 4.04. The van der Waals surface area contributed by atoms with Crippen molar-refractivity contribution < 1.29 is 4.79 Å². The zero-order valence-electron chi connectivity index (χ0n) is 12.6. The largest absolute Gasteiger partial charge is 0.320 e. The molecule has 2 atom stereocenters. The molecule has 110 valence electrons. The molecule has 1 aliphatic heterocycles. The Bertz CT molecular complexity index is 479. The number of carbonyl (C=O) groups excluding carboxylic acids is 1. The fraction of sp³-hybridized carbons (Fsp3) is 0.688. The summed E-state index contributed by atoms with van der Waals surface area (Å²) in [6.07, 6.45) is 3.49. The first-order chi connectivity index (χ1) is 9.57. The Balaban J connectivity index is 1.83. The molecule has 1 saturated heterocycles. The summed E-state index contributed by atoms with van der Waals surface area (Å²) in [6, 6.07) is 4.19. The molecule has 0 radical (unpaired) electrons. The highest BCUT2D eigenvalue weighted by molar-refractivity contribution is 7.10. The summed E-state index contributed by atoms with van der Waals surface area (Å²) in [7, 11) is 0. The lowest BCUT2D eigenvalue weighted by Gasteiger charge is -2.30. The molecule has 3 rings (SSSR count). The molecule has 1 N–H and O–H groups in total. The van der Waals surface area contributed by atoms with Crippen LogP contribution in [-0.2, 0) is 4.79 Å². The number of nitrogens with one attached hydrogen (secondary N) is 1. The van der Waals surface area contributed by atoms with E-state index >= 15 is 0 Å². The van der Waals surface area contributed by atoms with Crippen LogP contribution in [0.15, 0.2) is 17.5 Å². The lowest BCUT2D eigenvalue weighted by atomic mass is 9.91. The van der Waals surface area contributed by atoms with Gasteiger partial charge in [0.25, 0.3) is 0 Å². The van der Waals surface area contributed by atoms with Crippen molar-refractivity contribution in [3.05, 3.63) is 22.4 Å². The molecule has 1 aromatic rings. The molecule has 2 aliphatic rings. The summed E-state index contributed by atoms with van der Waals surface area (Å²) in [6.45, 7) is 7.58. The first-order valence-electron chi connectivity index (χ1n) is 7.67. The Morgan fingerprint density at radius 1 is 1.50 bits per heavy atom. The third kappa shape index (κ3) is 2.29. The van der Waals surface area contributed by atoms with Crippen molar-refractivity contribution in [3.63, 3.8) is 0 Å². The predicted octanol–water partition coefficient (Wildman–Crippen LogP) is 3.39. The molecule has 4 heteroatoms. The minimum Gasteiger partial charge on any atom is -0.320 e. The molecule has 2 heterocycles. The second-order valence-corrected chi connectivity index (χ2v) is 7.51. The van der Waals surface area contributed by atoms with Gasteiger partial charge < -0.3 is 4.90 Å². The SMILES string of the molecule is CCC1NC(c2cccs2)N(CC2(C(C)C)CC2)C1=O. The first kappa shape index (κ1) is 14.1. The van der Waals surface area contributed by atoms with Gasteiger partial charge in [-0.3, -0.25) is 10.1 Å². The van der Waals surface area contributed by atoms with E-state index in [0.29, 0.717) is 11.3 Å². The van der Waals surface area contributed by atoms with Gasteiger partial charge in [-0.05, 0) is 42.0 Å². The van der Waals surface area contributed by atoms with E-state index in [0.717, 1.165) is 13.0 Å². The average Bonchev–Trinajstić information content (AvgIpc) is 2.89. The smallest absolute Gasteiger partial charge is 0.241 e. The summed E-state index contributed by atoms with van der Waals surface area (Å²) in [5.41, 5.74) is 0.371. The van der Waals surface area contributed by atoms with E-state index in [2.05, 4.69) is 48.5 Å². The van der Waals surface area contributed by atoms with Gasteiger partial charge in [0.1, 0.15) is 6.17 Å². The van der Waals surface area contributed by atoms with Gasteiger partial charge in [-0.2, -0.15) is 0 Å². The van der Waals surface area contributed by atoms with Crippen LogP contribution in [0.3, 0.4) is 0 Å². The molecule has 20 heavy (non-hydrogen) atoms. The van der Waals surface area contributed by atoms with Gasteiger partial charge in [0.05, 0.1) is 6.04 Å². The number of hydrogen-bond acceptors (Lipinski definition) is 3. The Labute approximate surface area is 125 Å². The van der Waals surface area contributed by atoms with Gasteiger partial charge in [-0.25, -0.2) is 0 Å². The highest BCUT2D eigenvalue weighted by Gasteiger charge is 2.50. The van der Waals surface area contributed by atoms with Crippen molar-refractivity contribution in [2.75, 3.05) is 6.54 Å². The van der Waals surface area contributed by atoms with E-state index < -0.39 is 0 Å². The zero-order chi connectivity index (χ0) is 14.3. The summed E-state index contributed by atoms with van der Waals surface area (Å²) < 4.78 is 0. The van der Waals surface area contributed by atoms with Gasteiger partial charge in [0, 0.05) is 11.4 Å². The van der Waals surface area contributed by atoms with Crippen molar-refractivity contribution in [1.29, 1.82) is 0 Å². The van der Waals surface area contributed by atoms with Crippen LogP contribution in [0.5, 0.6) is 0 Å². The standard InChI is InChI=1S/C16H24N2OS/c1-4-12-15(19)18(10-16(7-8-16)11(2)3)14(17-12)13-6-5-9-20-13/h5-6,9,11-12,14,17H,4,7-8,10H2,1-3H3. The van der Waals surface area contributed by atoms with Crippen LogP contribution in [0.2, 0.25) is 0 Å².